The van der Waals surface area contributed by atoms with Crippen molar-refractivity contribution in [3.8, 4) is 22.5 Å². The number of pyridine rings is 1. The quantitative estimate of drug-likeness (QED) is 0.298. The van der Waals surface area contributed by atoms with Gasteiger partial charge >= 0.3 is 0 Å². The van der Waals surface area contributed by atoms with Crippen molar-refractivity contribution < 1.29 is 0 Å². The Morgan fingerprint density at radius 1 is 0.889 bits per heavy atom. The molecule has 0 aliphatic heterocycles. The molecule has 2 aromatic carbocycles. The molecular weight excluding hydrogens is 444 g/mol. The molecular formula is C30H36N6. The minimum Gasteiger partial charge on any atom is -0.382 e. The van der Waals surface area contributed by atoms with Gasteiger partial charge in [0, 0.05) is 28.9 Å². The zero-order chi connectivity index (χ0) is 25.3. The number of anilines is 1. The highest BCUT2D eigenvalue weighted by Crippen LogP contribution is 2.29. The van der Waals surface area contributed by atoms with E-state index >= 15 is 0 Å². The van der Waals surface area contributed by atoms with Gasteiger partial charge in [0.25, 0.3) is 0 Å². The van der Waals surface area contributed by atoms with Gasteiger partial charge in [-0.15, -0.1) is 0 Å². The maximum atomic E-state index is 6.06. The monoisotopic (exact) mass is 480 g/mol. The van der Waals surface area contributed by atoms with Gasteiger partial charge < -0.3 is 15.9 Å². The number of nitrogens with zero attached hydrogens (tertiary/aromatic N) is 4. The number of nitrogens with two attached hydrogens (primary N) is 2. The van der Waals surface area contributed by atoms with Gasteiger partial charge in [0.15, 0.2) is 0 Å². The van der Waals surface area contributed by atoms with Crippen molar-refractivity contribution in [1.82, 2.24) is 19.4 Å². The van der Waals surface area contributed by atoms with E-state index in [4.69, 9.17) is 16.5 Å². The molecule has 1 aliphatic rings. The Hall–Kier alpha value is -3.77. The van der Waals surface area contributed by atoms with Crippen molar-refractivity contribution in [2.45, 2.75) is 46.0 Å². The predicted octanol–water partition coefficient (Wildman–Crippen LogP) is 6.75. The number of aromatic nitrogens is 4. The Balaban J connectivity index is 0.000000259. The number of imidazole rings is 1. The standard InChI is InChI=1S/C21H15N5.C7H15N.C2H6/c22-21-20-19(24-13-26(20)11-10-23-21)16-7-6-15-8-9-17(25-18(15)12-16)14-4-2-1-3-5-14;8-6-7-4-2-1-3-5-7;1-2/h1-13H,(H2,22,23);7H,1-6,8H2;1-2H3. The Morgan fingerprint density at radius 2 is 1.64 bits per heavy atom. The summed E-state index contributed by atoms with van der Waals surface area (Å²) in [6.45, 7) is 4.92. The minimum atomic E-state index is 0.464. The molecule has 0 unspecified atom stereocenters. The fraction of sp³-hybridized carbons (Fsp3) is 0.300. The summed E-state index contributed by atoms with van der Waals surface area (Å²) in [5, 5.41) is 1.09. The molecule has 1 fully saturated rings. The maximum absolute atomic E-state index is 6.06. The number of fused-ring (bicyclic) bond motifs is 2. The van der Waals surface area contributed by atoms with E-state index in [2.05, 4.69) is 40.3 Å². The smallest absolute Gasteiger partial charge is 0.150 e. The van der Waals surface area contributed by atoms with Gasteiger partial charge in [-0.25, -0.2) is 15.0 Å². The highest BCUT2D eigenvalue weighted by molar-refractivity contribution is 5.91. The van der Waals surface area contributed by atoms with E-state index in [-0.39, 0.29) is 0 Å². The van der Waals surface area contributed by atoms with E-state index in [9.17, 15) is 0 Å². The molecule has 4 N–H and O–H groups in total. The van der Waals surface area contributed by atoms with Gasteiger partial charge in [-0.3, -0.25) is 0 Å². The van der Waals surface area contributed by atoms with E-state index in [1.165, 1.54) is 32.1 Å². The lowest BCUT2D eigenvalue weighted by Gasteiger charge is -2.18. The second-order valence-electron chi connectivity index (χ2n) is 8.87. The van der Waals surface area contributed by atoms with Crippen LogP contribution >= 0.6 is 0 Å². The fourth-order valence-corrected chi connectivity index (χ4v) is 4.64. The van der Waals surface area contributed by atoms with Crippen LogP contribution in [0.4, 0.5) is 5.82 Å². The maximum Gasteiger partial charge on any atom is 0.150 e. The van der Waals surface area contributed by atoms with Crippen LogP contribution in [0.5, 0.6) is 0 Å². The Bertz CT molecular complexity index is 1390. The van der Waals surface area contributed by atoms with E-state index in [0.717, 1.165) is 51.4 Å². The predicted molar refractivity (Wildman–Crippen MR) is 151 cm³/mol. The molecule has 1 aliphatic carbocycles. The van der Waals surface area contributed by atoms with E-state index in [0.29, 0.717) is 5.82 Å². The molecule has 0 radical (unpaired) electrons. The Labute approximate surface area is 213 Å². The topological polar surface area (TPSA) is 95.1 Å². The number of hydrogen-bond donors (Lipinski definition) is 2. The molecule has 0 bridgehead atoms. The Kier molecular flexibility index (Phi) is 8.63. The zero-order valence-corrected chi connectivity index (χ0v) is 21.3. The molecule has 3 heterocycles. The fourth-order valence-electron chi connectivity index (χ4n) is 4.64. The second-order valence-corrected chi connectivity index (χ2v) is 8.87. The van der Waals surface area contributed by atoms with Crippen LogP contribution in [0, 0.1) is 5.92 Å². The lowest BCUT2D eigenvalue weighted by atomic mass is 9.90. The first-order valence-electron chi connectivity index (χ1n) is 13.0. The molecule has 6 nitrogen and oxygen atoms in total. The summed E-state index contributed by atoms with van der Waals surface area (Å²) in [5.74, 6) is 1.33. The third kappa shape index (κ3) is 5.71. The van der Waals surface area contributed by atoms with Crippen LogP contribution in [0.15, 0.2) is 79.4 Å². The van der Waals surface area contributed by atoms with E-state index in [1.807, 2.05) is 54.8 Å². The van der Waals surface area contributed by atoms with Crippen LogP contribution in [0.1, 0.15) is 46.0 Å². The van der Waals surface area contributed by atoms with Gasteiger partial charge in [-0.05, 0) is 37.4 Å². The molecule has 0 saturated heterocycles. The molecule has 1 saturated carbocycles. The normalized spacial score (nSPS) is 13.5. The average molecular weight is 481 g/mol. The van der Waals surface area contributed by atoms with Crippen LogP contribution in [0.25, 0.3) is 38.9 Å². The third-order valence-corrected chi connectivity index (χ3v) is 6.57. The SMILES string of the molecule is CC.NCC1CCCCC1.Nc1nccn2cnc(-c3ccc4ccc(-c5ccccc5)nc4c3)c12. The molecule has 5 aromatic rings. The van der Waals surface area contributed by atoms with Gasteiger partial charge in [0.1, 0.15) is 17.7 Å². The largest absolute Gasteiger partial charge is 0.382 e. The van der Waals surface area contributed by atoms with Crippen LogP contribution in [0.2, 0.25) is 0 Å². The number of nitrogen functional groups attached to an aromatic ring is 1. The summed E-state index contributed by atoms with van der Waals surface area (Å²) in [6.07, 6.45) is 12.3. The van der Waals surface area contributed by atoms with Crippen molar-refractivity contribution in [2.24, 2.45) is 11.7 Å². The lowest BCUT2D eigenvalue weighted by molar-refractivity contribution is 0.366. The first-order valence-corrected chi connectivity index (χ1v) is 13.0. The number of hydrogen-bond acceptors (Lipinski definition) is 5. The zero-order valence-electron chi connectivity index (χ0n) is 21.3. The van der Waals surface area contributed by atoms with Gasteiger partial charge in [-0.1, -0.05) is 81.6 Å². The summed E-state index contributed by atoms with van der Waals surface area (Å²) < 4.78 is 1.88. The molecule has 3 aromatic heterocycles. The molecule has 0 atom stereocenters. The first kappa shape index (κ1) is 25.3. The van der Waals surface area contributed by atoms with Crippen molar-refractivity contribution in [3.05, 3.63) is 79.4 Å². The van der Waals surface area contributed by atoms with Crippen LogP contribution in [-0.2, 0) is 0 Å². The highest BCUT2D eigenvalue weighted by Gasteiger charge is 2.12. The third-order valence-electron chi connectivity index (χ3n) is 6.57. The lowest BCUT2D eigenvalue weighted by Crippen LogP contribution is -2.16. The van der Waals surface area contributed by atoms with E-state index < -0.39 is 0 Å². The minimum absolute atomic E-state index is 0.464. The van der Waals surface area contributed by atoms with Crippen molar-refractivity contribution in [1.29, 1.82) is 0 Å². The van der Waals surface area contributed by atoms with Crippen molar-refractivity contribution >= 4 is 22.2 Å². The summed E-state index contributed by atoms with van der Waals surface area (Å²) in [4.78, 5) is 13.5. The Morgan fingerprint density at radius 3 is 2.36 bits per heavy atom. The van der Waals surface area contributed by atoms with Gasteiger partial charge in [-0.2, -0.15) is 0 Å². The first-order chi connectivity index (χ1) is 17.7. The van der Waals surface area contributed by atoms with Crippen molar-refractivity contribution in [3.63, 3.8) is 0 Å². The van der Waals surface area contributed by atoms with Gasteiger partial charge in [0.2, 0.25) is 0 Å². The van der Waals surface area contributed by atoms with Crippen molar-refractivity contribution in [2.75, 3.05) is 12.3 Å². The summed E-state index contributed by atoms with van der Waals surface area (Å²) in [6, 6.07) is 20.5. The summed E-state index contributed by atoms with van der Waals surface area (Å²) >= 11 is 0. The van der Waals surface area contributed by atoms with Gasteiger partial charge in [0.05, 0.1) is 16.9 Å². The number of rotatable bonds is 3. The van der Waals surface area contributed by atoms with E-state index in [1.54, 1.807) is 12.5 Å². The number of benzene rings is 2. The molecule has 0 spiro atoms. The average Bonchev–Trinajstić information content (AvgIpc) is 3.40. The second kappa shape index (κ2) is 12.3. The molecule has 186 valence electrons. The van der Waals surface area contributed by atoms with Crippen LogP contribution in [0.3, 0.4) is 0 Å². The summed E-state index contributed by atoms with van der Waals surface area (Å²) in [5.41, 5.74) is 17.1. The summed E-state index contributed by atoms with van der Waals surface area (Å²) in [7, 11) is 0. The molecule has 6 rings (SSSR count). The molecule has 6 heteroatoms. The van der Waals surface area contributed by atoms with Crippen LogP contribution in [-0.4, -0.2) is 25.9 Å². The van der Waals surface area contributed by atoms with Crippen LogP contribution < -0.4 is 11.5 Å². The molecule has 0 amide bonds. The highest BCUT2D eigenvalue weighted by atomic mass is 15.0. The molecule has 36 heavy (non-hydrogen) atoms.